The van der Waals surface area contributed by atoms with E-state index in [1.54, 1.807) is 0 Å². The van der Waals surface area contributed by atoms with Gasteiger partial charge in [-0.2, -0.15) is 0 Å². The lowest BCUT2D eigenvalue weighted by Gasteiger charge is -2.06. The summed E-state index contributed by atoms with van der Waals surface area (Å²) in [6.07, 6.45) is -2.73. The molecule has 0 aliphatic heterocycles. The lowest BCUT2D eigenvalue weighted by Crippen LogP contribution is -2.17. The fraction of sp³-hybridized carbons (Fsp3) is 0.667. The Bertz CT molecular complexity index is 249. The van der Waals surface area contributed by atoms with Gasteiger partial charge in [0.15, 0.2) is 0 Å². The SMILES string of the molecule is COC(=O)OCCOC(=O)OCCOC(=O)OC. The van der Waals surface area contributed by atoms with Gasteiger partial charge in [0.25, 0.3) is 0 Å². The quantitative estimate of drug-likeness (QED) is 0.390. The molecule has 0 radical (unpaired) electrons. The molecule has 0 heterocycles. The molecular formula is C9H14O9. The van der Waals surface area contributed by atoms with Gasteiger partial charge in [-0.25, -0.2) is 14.4 Å². The second kappa shape index (κ2) is 10.00. The Hall–Kier alpha value is -2.19. The van der Waals surface area contributed by atoms with Crippen LogP contribution >= 0.6 is 0 Å². The molecule has 0 spiro atoms. The van der Waals surface area contributed by atoms with Crippen molar-refractivity contribution in [2.24, 2.45) is 0 Å². The van der Waals surface area contributed by atoms with Gasteiger partial charge in [0, 0.05) is 0 Å². The molecule has 0 N–H and O–H groups in total. The lowest BCUT2D eigenvalue weighted by atomic mass is 10.8. The number of methoxy groups -OCH3 is 2. The van der Waals surface area contributed by atoms with Crippen LogP contribution in [0.5, 0.6) is 0 Å². The topological polar surface area (TPSA) is 107 Å². The monoisotopic (exact) mass is 266 g/mol. The van der Waals surface area contributed by atoms with Crippen LogP contribution in [0.15, 0.2) is 0 Å². The first kappa shape index (κ1) is 15.8. The standard InChI is InChI=1S/C9H14O9/c1-13-7(10)15-3-5-17-9(12)18-6-4-16-8(11)14-2/h3-6H2,1-2H3. The van der Waals surface area contributed by atoms with Gasteiger partial charge in [0.05, 0.1) is 14.2 Å². The molecule has 9 nitrogen and oxygen atoms in total. The summed E-state index contributed by atoms with van der Waals surface area (Å²) in [5, 5.41) is 0. The number of carbonyl (C=O) groups is 3. The highest BCUT2D eigenvalue weighted by molar-refractivity contribution is 5.61. The van der Waals surface area contributed by atoms with E-state index in [1.807, 2.05) is 0 Å². The highest BCUT2D eigenvalue weighted by atomic mass is 16.8. The number of ether oxygens (including phenoxy) is 6. The molecule has 0 unspecified atom stereocenters. The van der Waals surface area contributed by atoms with Crippen molar-refractivity contribution in [3.05, 3.63) is 0 Å². The van der Waals surface area contributed by atoms with Crippen molar-refractivity contribution >= 4 is 18.5 Å². The van der Waals surface area contributed by atoms with Crippen LogP contribution in [0.1, 0.15) is 0 Å². The van der Waals surface area contributed by atoms with Gasteiger partial charge in [0.2, 0.25) is 0 Å². The summed E-state index contributed by atoms with van der Waals surface area (Å²) in [5.74, 6) is 0. The first-order valence-electron chi connectivity index (χ1n) is 4.81. The van der Waals surface area contributed by atoms with Crippen LogP contribution in [0, 0.1) is 0 Å². The summed E-state index contributed by atoms with van der Waals surface area (Å²) in [4.78, 5) is 31.8. The van der Waals surface area contributed by atoms with E-state index in [2.05, 4.69) is 28.4 Å². The lowest BCUT2D eigenvalue weighted by molar-refractivity contribution is 0.0108. The van der Waals surface area contributed by atoms with Crippen molar-refractivity contribution in [1.82, 2.24) is 0 Å². The summed E-state index contributed by atoms with van der Waals surface area (Å²) in [5.41, 5.74) is 0. The van der Waals surface area contributed by atoms with E-state index >= 15 is 0 Å². The maximum atomic E-state index is 10.9. The van der Waals surface area contributed by atoms with Crippen molar-refractivity contribution in [2.75, 3.05) is 40.6 Å². The van der Waals surface area contributed by atoms with E-state index in [1.165, 1.54) is 0 Å². The van der Waals surface area contributed by atoms with Gasteiger partial charge in [0.1, 0.15) is 26.4 Å². The third kappa shape index (κ3) is 9.07. The Morgan fingerprint density at radius 3 is 1.17 bits per heavy atom. The minimum Gasteiger partial charge on any atom is -0.438 e. The molecule has 0 rings (SSSR count). The molecule has 0 fully saturated rings. The largest absolute Gasteiger partial charge is 0.508 e. The molecule has 0 saturated heterocycles. The number of carbonyl (C=O) groups excluding carboxylic acids is 3. The van der Waals surface area contributed by atoms with Crippen LogP contribution in [0.3, 0.4) is 0 Å². The zero-order valence-electron chi connectivity index (χ0n) is 10.0. The highest BCUT2D eigenvalue weighted by Crippen LogP contribution is 1.89. The second-order valence-corrected chi connectivity index (χ2v) is 2.55. The predicted octanol–water partition coefficient (Wildman–Crippen LogP) is 0.706. The molecule has 0 aromatic carbocycles. The smallest absolute Gasteiger partial charge is 0.438 e. The molecule has 104 valence electrons. The molecule has 18 heavy (non-hydrogen) atoms. The minimum absolute atomic E-state index is 0.152. The second-order valence-electron chi connectivity index (χ2n) is 2.55. The van der Waals surface area contributed by atoms with Crippen LogP contribution in [0.4, 0.5) is 14.4 Å². The maximum absolute atomic E-state index is 10.9. The fourth-order valence-corrected chi connectivity index (χ4v) is 0.660. The van der Waals surface area contributed by atoms with E-state index in [0.29, 0.717) is 0 Å². The molecule has 0 atom stereocenters. The van der Waals surface area contributed by atoms with Gasteiger partial charge in [-0.15, -0.1) is 0 Å². The van der Waals surface area contributed by atoms with E-state index in [4.69, 9.17) is 0 Å². The average Bonchev–Trinajstić information content (AvgIpc) is 2.38. The zero-order valence-corrected chi connectivity index (χ0v) is 10.0. The maximum Gasteiger partial charge on any atom is 0.508 e. The van der Waals surface area contributed by atoms with Crippen LogP contribution < -0.4 is 0 Å². The van der Waals surface area contributed by atoms with Crippen molar-refractivity contribution in [3.63, 3.8) is 0 Å². The van der Waals surface area contributed by atoms with Crippen LogP contribution in [0.25, 0.3) is 0 Å². The van der Waals surface area contributed by atoms with E-state index in [9.17, 15) is 14.4 Å². The van der Waals surface area contributed by atoms with Crippen LogP contribution in [-0.2, 0) is 28.4 Å². The number of hydrogen-bond donors (Lipinski definition) is 0. The highest BCUT2D eigenvalue weighted by Gasteiger charge is 2.06. The Labute approximate surface area is 103 Å². The molecule has 0 saturated carbocycles. The summed E-state index contributed by atoms with van der Waals surface area (Å²) in [6, 6.07) is 0. The fourth-order valence-electron chi connectivity index (χ4n) is 0.660. The van der Waals surface area contributed by atoms with Gasteiger partial charge in [-0.1, -0.05) is 0 Å². The molecule has 0 aliphatic carbocycles. The average molecular weight is 266 g/mol. The summed E-state index contributed by atoms with van der Waals surface area (Å²) >= 11 is 0. The third-order valence-corrected chi connectivity index (χ3v) is 1.38. The van der Waals surface area contributed by atoms with Crippen molar-refractivity contribution < 1.29 is 42.8 Å². The van der Waals surface area contributed by atoms with Crippen molar-refractivity contribution in [2.45, 2.75) is 0 Å². The van der Waals surface area contributed by atoms with Gasteiger partial charge in [-0.05, 0) is 0 Å². The Morgan fingerprint density at radius 1 is 0.611 bits per heavy atom. The first-order valence-corrected chi connectivity index (χ1v) is 4.81. The normalized spacial score (nSPS) is 9.00. The number of hydrogen-bond acceptors (Lipinski definition) is 9. The van der Waals surface area contributed by atoms with Crippen molar-refractivity contribution in [3.8, 4) is 0 Å². The molecule has 0 aromatic rings. The molecule has 0 amide bonds. The minimum atomic E-state index is -0.975. The Morgan fingerprint density at radius 2 is 0.889 bits per heavy atom. The summed E-state index contributed by atoms with van der Waals surface area (Å²) in [6.45, 7) is -0.654. The molecular weight excluding hydrogens is 252 g/mol. The van der Waals surface area contributed by atoms with E-state index in [-0.39, 0.29) is 26.4 Å². The van der Waals surface area contributed by atoms with Crippen LogP contribution in [-0.4, -0.2) is 59.1 Å². The third-order valence-electron chi connectivity index (χ3n) is 1.38. The molecule has 0 aromatic heterocycles. The first-order chi connectivity index (χ1) is 8.60. The molecule has 0 aliphatic rings. The number of rotatable bonds is 6. The Kier molecular flexibility index (Phi) is 8.78. The molecule has 0 bridgehead atoms. The summed E-state index contributed by atoms with van der Waals surface area (Å²) < 4.78 is 26.2. The van der Waals surface area contributed by atoms with Gasteiger partial charge < -0.3 is 28.4 Å². The van der Waals surface area contributed by atoms with Gasteiger partial charge in [-0.3, -0.25) is 0 Å². The van der Waals surface area contributed by atoms with Crippen molar-refractivity contribution in [1.29, 1.82) is 0 Å². The van der Waals surface area contributed by atoms with Crippen LogP contribution in [0.2, 0.25) is 0 Å². The predicted molar refractivity (Wildman–Crippen MR) is 54.0 cm³/mol. The molecule has 9 heteroatoms. The van der Waals surface area contributed by atoms with E-state index < -0.39 is 18.5 Å². The zero-order chi connectivity index (χ0) is 13.8. The Balaban J connectivity index is 3.38. The van der Waals surface area contributed by atoms with E-state index in [0.717, 1.165) is 14.2 Å². The van der Waals surface area contributed by atoms with Gasteiger partial charge >= 0.3 is 18.5 Å². The summed E-state index contributed by atoms with van der Waals surface area (Å²) in [7, 11) is 2.30.